The number of likely N-dealkylation sites (N-methyl/N-ethyl adjacent to an activating group) is 1. The molecule has 0 fully saturated rings. The first-order valence-corrected chi connectivity index (χ1v) is 14.9. The molecule has 0 bridgehead atoms. The van der Waals surface area contributed by atoms with Gasteiger partial charge in [0.05, 0.1) is 16.2 Å². The van der Waals surface area contributed by atoms with Crippen LogP contribution in [-0.2, 0) is 23.0 Å². The molecule has 0 spiro atoms. The highest BCUT2D eigenvalue weighted by Crippen LogP contribution is 2.35. The molecule has 0 atom stereocenters. The fourth-order valence-corrected chi connectivity index (χ4v) is 6.59. The molecule has 4 heterocycles. The minimum atomic E-state index is -3.94. The largest absolute Gasteiger partial charge is 0.345 e. The van der Waals surface area contributed by atoms with Gasteiger partial charge in [-0.25, -0.2) is 17.4 Å². The van der Waals surface area contributed by atoms with E-state index in [1.807, 2.05) is 13.0 Å². The minimum Gasteiger partial charge on any atom is -0.345 e. The van der Waals surface area contributed by atoms with E-state index in [1.165, 1.54) is 26.2 Å². The van der Waals surface area contributed by atoms with Gasteiger partial charge in [0.2, 0.25) is 0 Å². The molecule has 0 aliphatic carbocycles. The first-order valence-electron chi connectivity index (χ1n) is 13.4. The number of carbonyl (C=O) groups excluding carboxylic acids is 1. The van der Waals surface area contributed by atoms with Gasteiger partial charge in [0.1, 0.15) is 0 Å². The van der Waals surface area contributed by atoms with Crippen molar-refractivity contribution in [1.82, 2.24) is 23.7 Å². The second kappa shape index (κ2) is 10.2. The Hall–Kier alpha value is -4.34. The Morgan fingerprint density at radius 2 is 1.68 bits per heavy atom. The van der Waals surface area contributed by atoms with Gasteiger partial charge in [-0.05, 0) is 73.5 Å². The van der Waals surface area contributed by atoms with Crippen molar-refractivity contribution >= 4 is 27.0 Å². The van der Waals surface area contributed by atoms with Gasteiger partial charge in [0.25, 0.3) is 15.9 Å². The molecule has 1 aliphatic rings. The van der Waals surface area contributed by atoms with Crippen LogP contribution in [0.4, 0.5) is 0 Å². The zero-order valence-corrected chi connectivity index (χ0v) is 24.3. The fraction of sp³-hybridized carbons (Fsp3) is 0.219. The number of carbonyl (C=O) groups is 1. The van der Waals surface area contributed by atoms with Gasteiger partial charge < -0.3 is 9.80 Å². The first kappa shape index (κ1) is 26.9. The zero-order chi connectivity index (χ0) is 28.9. The Labute approximate surface area is 239 Å². The van der Waals surface area contributed by atoms with Crippen molar-refractivity contribution in [2.45, 2.75) is 24.8 Å². The number of amides is 1. The highest BCUT2D eigenvalue weighted by Gasteiger charge is 2.24. The summed E-state index contributed by atoms with van der Waals surface area (Å²) in [4.78, 5) is 25.7. The average molecular weight is 566 g/mol. The average Bonchev–Trinajstić information content (AvgIpc) is 3.36. The molecule has 0 radical (unpaired) electrons. The molecule has 1 aliphatic heterocycles. The number of benzene rings is 2. The van der Waals surface area contributed by atoms with Crippen LogP contribution in [0.15, 0.2) is 84.1 Å². The highest BCUT2D eigenvalue weighted by atomic mass is 32.2. The summed E-state index contributed by atoms with van der Waals surface area (Å²) in [5.74, 6) is -0.157. The molecule has 208 valence electrons. The maximum atomic E-state index is 13.8. The topological polar surface area (TPSA) is 88.4 Å². The summed E-state index contributed by atoms with van der Waals surface area (Å²) in [6, 6.07) is 18.7. The molecule has 8 nitrogen and oxygen atoms in total. The van der Waals surface area contributed by atoms with Gasteiger partial charge in [-0.1, -0.05) is 29.8 Å². The normalized spacial score (nSPS) is 13.8. The zero-order valence-electron chi connectivity index (χ0n) is 23.5. The van der Waals surface area contributed by atoms with E-state index < -0.39 is 10.0 Å². The molecular formula is C32H31N5O3S. The molecule has 2 aromatic carbocycles. The van der Waals surface area contributed by atoms with Crippen molar-refractivity contribution in [3.8, 4) is 22.4 Å². The third kappa shape index (κ3) is 4.92. The van der Waals surface area contributed by atoms with E-state index >= 15 is 0 Å². The quantitative estimate of drug-likeness (QED) is 0.298. The number of hydrogen-bond acceptors (Lipinski definition) is 6. The van der Waals surface area contributed by atoms with E-state index in [9.17, 15) is 13.2 Å². The molecular weight excluding hydrogens is 534 g/mol. The van der Waals surface area contributed by atoms with Crippen molar-refractivity contribution < 1.29 is 13.2 Å². The summed E-state index contributed by atoms with van der Waals surface area (Å²) in [6.07, 6.45) is 5.85. The van der Waals surface area contributed by atoms with Crippen LogP contribution in [0, 0.1) is 6.92 Å². The van der Waals surface area contributed by atoms with Gasteiger partial charge in [0, 0.05) is 62.3 Å². The third-order valence-electron chi connectivity index (χ3n) is 7.63. The molecule has 6 rings (SSSR count). The Kier molecular flexibility index (Phi) is 6.71. The van der Waals surface area contributed by atoms with Gasteiger partial charge in [-0.3, -0.25) is 9.78 Å². The van der Waals surface area contributed by atoms with Crippen LogP contribution in [-0.4, -0.2) is 65.8 Å². The number of rotatable bonds is 5. The Balaban J connectivity index is 1.52. The van der Waals surface area contributed by atoms with Crippen LogP contribution < -0.4 is 0 Å². The molecule has 41 heavy (non-hydrogen) atoms. The Morgan fingerprint density at radius 3 is 2.39 bits per heavy atom. The van der Waals surface area contributed by atoms with Crippen LogP contribution in [0.5, 0.6) is 0 Å². The molecule has 9 heteroatoms. The lowest BCUT2D eigenvalue weighted by Gasteiger charge is -2.25. The van der Waals surface area contributed by atoms with Crippen molar-refractivity contribution in [3.05, 3.63) is 102 Å². The summed E-state index contributed by atoms with van der Waals surface area (Å²) in [5, 5.41) is 0.659. The predicted octanol–water partition coefficient (Wildman–Crippen LogP) is 5.00. The Morgan fingerprint density at radius 1 is 0.902 bits per heavy atom. The highest BCUT2D eigenvalue weighted by molar-refractivity contribution is 7.90. The maximum Gasteiger partial charge on any atom is 0.269 e. The third-order valence-corrected chi connectivity index (χ3v) is 9.29. The number of nitrogens with zero attached hydrogens (tertiary/aromatic N) is 5. The van der Waals surface area contributed by atoms with Crippen molar-refractivity contribution in [1.29, 1.82) is 0 Å². The van der Waals surface area contributed by atoms with Crippen LogP contribution in [0.1, 0.15) is 27.0 Å². The molecule has 0 N–H and O–H groups in total. The van der Waals surface area contributed by atoms with Crippen LogP contribution in [0.2, 0.25) is 0 Å². The van der Waals surface area contributed by atoms with Crippen molar-refractivity contribution in [2.75, 3.05) is 27.7 Å². The minimum absolute atomic E-state index is 0.157. The van der Waals surface area contributed by atoms with Gasteiger partial charge >= 0.3 is 0 Å². The monoisotopic (exact) mass is 565 g/mol. The van der Waals surface area contributed by atoms with Crippen LogP contribution >= 0.6 is 0 Å². The van der Waals surface area contributed by atoms with Crippen LogP contribution in [0.25, 0.3) is 33.4 Å². The smallest absolute Gasteiger partial charge is 0.269 e. The van der Waals surface area contributed by atoms with Gasteiger partial charge in [0.15, 0.2) is 5.65 Å². The number of fused-ring (bicyclic) bond motifs is 2. The lowest BCUT2D eigenvalue weighted by atomic mass is 9.95. The standard InChI is InChI=1S/C32H31N5O3S/c1-21-5-10-27(11-6-21)41(39,40)37-20-29(30-12-9-24(17-33-30)32(38)35(2)3)28-16-25(18-34-31(28)37)23-8-7-22-13-14-36(4)19-26(22)15-23/h5-12,15-18,20H,13-14,19H2,1-4H3. The number of aromatic nitrogens is 3. The van der Waals surface area contributed by atoms with Crippen molar-refractivity contribution in [2.24, 2.45) is 0 Å². The lowest BCUT2D eigenvalue weighted by molar-refractivity contribution is 0.0827. The molecule has 0 saturated carbocycles. The van der Waals surface area contributed by atoms with Crippen LogP contribution in [0.3, 0.4) is 0 Å². The van der Waals surface area contributed by atoms with E-state index in [4.69, 9.17) is 4.98 Å². The molecule has 1 amide bonds. The number of pyridine rings is 2. The molecule has 3 aromatic heterocycles. The van der Waals surface area contributed by atoms with Gasteiger partial charge in [-0.15, -0.1) is 0 Å². The van der Waals surface area contributed by atoms with Gasteiger partial charge in [-0.2, -0.15) is 0 Å². The number of aryl methyl sites for hydroxylation is 1. The number of hydrogen-bond donors (Lipinski definition) is 0. The second-order valence-electron chi connectivity index (χ2n) is 10.9. The molecule has 0 unspecified atom stereocenters. The fourth-order valence-electron chi connectivity index (χ4n) is 5.26. The summed E-state index contributed by atoms with van der Waals surface area (Å²) in [7, 11) is 1.56. The summed E-state index contributed by atoms with van der Waals surface area (Å²) < 4.78 is 28.9. The Bertz CT molecular complexity index is 1890. The second-order valence-corrected chi connectivity index (χ2v) is 12.7. The molecule has 5 aromatic rings. The van der Waals surface area contributed by atoms with E-state index in [0.29, 0.717) is 27.9 Å². The summed E-state index contributed by atoms with van der Waals surface area (Å²) >= 11 is 0. The van der Waals surface area contributed by atoms with E-state index in [1.54, 1.807) is 62.9 Å². The lowest BCUT2D eigenvalue weighted by Crippen LogP contribution is -2.26. The molecule has 0 saturated heterocycles. The van der Waals surface area contributed by atoms with E-state index in [-0.39, 0.29) is 10.8 Å². The first-order chi connectivity index (χ1) is 19.6. The SMILES string of the molecule is Cc1ccc(S(=O)(=O)n2cc(-c3ccc(C(=O)N(C)C)cn3)c3cc(-c4ccc5c(c4)CN(C)CC5)cnc32)cc1. The van der Waals surface area contributed by atoms with E-state index in [0.717, 1.165) is 36.2 Å². The summed E-state index contributed by atoms with van der Waals surface area (Å²) in [5.41, 5.74) is 7.46. The van der Waals surface area contributed by atoms with Crippen molar-refractivity contribution in [3.63, 3.8) is 0 Å². The maximum absolute atomic E-state index is 13.8. The predicted molar refractivity (Wildman–Crippen MR) is 160 cm³/mol. The summed E-state index contributed by atoms with van der Waals surface area (Å²) in [6.45, 7) is 3.84. The van der Waals surface area contributed by atoms with E-state index in [2.05, 4.69) is 35.1 Å².